The molecule has 5 nitrogen and oxygen atoms in total. The van der Waals surface area contributed by atoms with Gasteiger partial charge in [0.05, 0.1) is 12.8 Å². The molecule has 0 fully saturated rings. The van der Waals surface area contributed by atoms with E-state index in [0.717, 1.165) is 17.9 Å². The fourth-order valence-electron chi connectivity index (χ4n) is 1.48. The molecule has 17 heavy (non-hydrogen) atoms. The lowest BCUT2D eigenvalue weighted by Crippen LogP contribution is -2.03. The summed E-state index contributed by atoms with van der Waals surface area (Å²) in [5.41, 5.74) is 1.46. The van der Waals surface area contributed by atoms with Crippen LogP contribution in [-0.4, -0.2) is 28.6 Å². The first-order valence-corrected chi connectivity index (χ1v) is 5.41. The van der Waals surface area contributed by atoms with Crippen molar-refractivity contribution in [2.75, 3.05) is 19.0 Å². The number of anilines is 1. The minimum absolute atomic E-state index is 0.595. The number of methoxy groups -OCH3 is 1. The Morgan fingerprint density at radius 2 is 2.12 bits per heavy atom. The summed E-state index contributed by atoms with van der Waals surface area (Å²) in [5.74, 6) is 1.30. The van der Waals surface area contributed by atoms with Crippen LogP contribution in [0.1, 0.15) is 6.92 Å². The monoisotopic (exact) mass is 230 g/mol. The minimum Gasteiger partial charge on any atom is -0.494 e. The van der Waals surface area contributed by atoms with Gasteiger partial charge in [-0.05, 0) is 25.1 Å². The van der Waals surface area contributed by atoms with Crippen molar-refractivity contribution in [1.29, 1.82) is 0 Å². The summed E-state index contributed by atoms with van der Waals surface area (Å²) in [6, 6.07) is 5.50. The molecule has 0 aromatic carbocycles. The average molecular weight is 230 g/mol. The van der Waals surface area contributed by atoms with Crippen LogP contribution < -0.4 is 10.1 Å². The summed E-state index contributed by atoms with van der Waals surface area (Å²) in [7, 11) is 1.62. The highest BCUT2D eigenvalue weighted by atomic mass is 16.5. The predicted octanol–water partition coefficient (Wildman–Crippen LogP) is 1.98. The van der Waals surface area contributed by atoms with E-state index in [9.17, 15) is 0 Å². The summed E-state index contributed by atoms with van der Waals surface area (Å²) in [5, 5.41) is 3.06. The maximum atomic E-state index is 5.26. The van der Waals surface area contributed by atoms with Crippen molar-refractivity contribution in [3.63, 3.8) is 0 Å². The molecule has 5 heteroatoms. The predicted molar refractivity (Wildman–Crippen MR) is 66.0 cm³/mol. The molecule has 0 aliphatic rings. The van der Waals surface area contributed by atoms with Gasteiger partial charge in [-0.3, -0.25) is 4.98 Å². The van der Waals surface area contributed by atoms with Crippen LogP contribution in [0.25, 0.3) is 11.4 Å². The second-order valence-corrected chi connectivity index (χ2v) is 3.35. The molecule has 0 aliphatic heterocycles. The van der Waals surface area contributed by atoms with E-state index in [1.807, 2.05) is 25.1 Å². The molecule has 2 aromatic rings. The van der Waals surface area contributed by atoms with E-state index in [-0.39, 0.29) is 0 Å². The van der Waals surface area contributed by atoms with Crippen LogP contribution in [0.5, 0.6) is 5.75 Å². The van der Waals surface area contributed by atoms with Crippen molar-refractivity contribution in [3.8, 4) is 17.1 Å². The third-order valence-corrected chi connectivity index (χ3v) is 2.22. The Kier molecular flexibility index (Phi) is 3.49. The number of hydrogen-bond donors (Lipinski definition) is 1. The Balaban J connectivity index is 2.41. The van der Waals surface area contributed by atoms with E-state index in [2.05, 4.69) is 20.3 Å². The number of nitrogens with one attached hydrogen (secondary N) is 1. The van der Waals surface area contributed by atoms with E-state index >= 15 is 0 Å². The molecule has 0 saturated heterocycles. The zero-order valence-electron chi connectivity index (χ0n) is 9.84. The lowest BCUT2D eigenvalue weighted by molar-refractivity contribution is 0.414. The molecule has 2 heterocycles. The maximum absolute atomic E-state index is 5.26. The molecular formula is C12H14N4O. The molecule has 2 aromatic heterocycles. The molecule has 0 spiro atoms. The van der Waals surface area contributed by atoms with Gasteiger partial charge in [-0.25, -0.2) is 9.97 Å². The molecule has 88 valence electrons. The highest BCUT2D eigenvalue weighted by Gasteiger charge is 2.08. The molecule has 0 radical (unpaired) electrons. The van der Waals surface area contributed by atoms with Crippen LogP contribution in [0.15, 0.2) is 30.6 Å². The van der Waals surface area contributed by atoms with Crippen LogP contribution in [0.4, 0.5) is 5.95 Å². The molecule has 1 N–H and O–H groups in total. The van der Waals surface area contributed by atoms with E-state index in [0.29, 0.717) is 11.7 Å². The van der Waals surface area contributed by atoms with E-state index in [1.165, 1.54) is 0 Å². The number of rotatable bonds is 4. The van der Waals surface area contributed by atoms with Crippen molar-refractivity contribution in [2.24, 2.45) is 0 Å². The van der Waals surface area contributed by atoms with Gasteiger partial charge in [0.15, 0.2) is 0 Å². The molecule has 0 bridgehead atoms. The third-order valence-electron chi connectivity index (χ3n) is 2.22. The van der Waals surface area contributed by atoms with Crippen LogP contribution in [0.2, 0.25) is 0 Å². The highest BCUT2D eigenvalue weighted by Crippen LogP contribution is 2.25. The Hall–Kier alpha value is -2.17. The number of pyridine rings is 1. The summed E-state index contributed by atoms with van der Waals surface area (Å²) >= 11 is 0. The first kappa shape index (κ1) is 11.3. The molecular weight excluding hydrogens is 216 g/mol. The summed E-state index contributed by atoms with van der Waals surface area (Å²) in [6.45, 7) is 2.78. The van der Waals surface area contributed by atoms with Crippen LogP contribution in [0, 0.1) is 0 Å². The highest BCUT2D eigenvalue weighted by molar-refractivity contribution is 5.62. The van der Waals surface area contributed by atoms with Crippen molar-refractivity contribution < 1.29 is 4.74 Å². The van der Waals surface area contributed by atoms with Crippen LogP contribution in [-0.2, 0) is 0 Å². The third kappa shape index (κ3) is 2.50. The topological polar surface area (TPSA) is 59.9 Å². The van der Waals surface area contributed by atoms with Gasteiger partial charge < -0.3 is 10.1 Å². The Bertz CT molecular complexity index is 501. The molecule has 2 rings (SSSR count). The van der Waals surface area contributed by atoms with Crippen LogP contribution >= 0.6 is 0 Å². The minimum atomic E-state index is 0.595. The second-order valence-electron chi connectivity index (χ2n) is 3.35. The Morgan fingerprint density at radius 1 is 1.24 bits per heavy atom. The zero-order chi connectivity index (χ0) is 12.1. The van der Waals surface area contributed by atoms with Crippen molar-refractivity contribution in [3.05, 3.63) is 30.6 Å². The second kappa shape index (κ2) is 5.25. The molecule has 0 amide bonds. The van der Waals surface area contributed by atoms with E-state index < -0.39 is 0 Å². The summed E-state index contributed by atoms with van der Waals surface area (Å²) in [6.07, 6.45) is 3.42. The maximum Gasteiger partial charge on any atom is 0.223 e. The quantitative estimate of drug-likeness (QED) is 0.870. The SMILES string of the molecule is CCNc1nccc(-c2ncccc2OC)n1. The number of aromatic nitrogens is 3. The van der Waals surface area contributed by atoms with Gasteiger partial charge in [0.1, 0.15) is 11.4 Å². The lowest BCUT2D eigenvalue weighted by Gasteiger charge is -2.07. The average Bonchev–Trinajstić information content (AvgIpc) is 2.39. The van der Waals surface area contributed by atoms with E-state index in [1.54, 1.807) is 19.5 Å². The standard InChI is InChI=1S/C12H14N4O/c1-3-13-12-15-8-6-9(16-12)11-10(17-2)5-4-7-14-11/h4-8H,3H2,1-2H3,(H,13,15,16). The van der Waals surface area contributed by atoms with Gasteiger partial charge in [-0.1, -0.05) is 0 Å². The Labute approximate surface area is 99.9 Å². The number of ether oxygens (including phenoxy) is 1. The molecule has 0 aliphatic carbocycles. The normalized spacial score (nSPS) is 10.0. The lowest BCUT2D eigenvalue weighted by atomic mass is 10.2. The largest absolute Gasteiger partial charge is 0.494 e. The van der Waals surface area contributed by atoms with Crippen molar-refractivity contribution >= 4 is 5.95 Å². The van der Waals surface area contributed by atoms with Crippen molar-refractivity contribution in [2.45, 2.75) is 6.92 Å². The number of hydrogen-bond acceptors (Lipinski definition) is 5. The van der Waals surface area contributed by atoms with E-state index in [4.69, 9.17) is 4.74 Å². The fraction of sp³-hybridized carbons (Fsp3) is 0.250. The molecule has 0 unspecified atom stereocenters. The summed E-state index contributed by atoms with van der Waals surface area (Å²) < 4.78 is 5.26. The fourth-order valence-corrected chi connectivity index (χ4v) is 1.48. The van der Waals surface area contributed by atoms with Crippen molar-refractivity contribution in [1.82, 2.24) is 15.0 Å². The smallest absolute Gasteiger partial charge is 0.223 e. The zero-order valence-corrected chi connectivity index (χ0v) is 9.84. The van der Waals surface area contributed by atoms with Gasteiger partial charge in [-0.2, -0.15) is 0 Å². The summed E-state index contributed by atoms with van der Waals surface area (Å²) in [4.78, 5) is 12.8. The van der Waals surface area contributed by atoms with Crippen LogP contribution in [0.3, 0.4) is 0 Å². The number of nitrogens with zero attached hydrogens (tertiary/aromatic N) is 3. The van der Waals surface area contributed by atoms with Gasteiger partial charge in [0, 0.05) is 18.9 Å². The van der Waals surface area contributed by atoms with Gasteiger partial charge in [0.2, 0.25) is 5.95 Å². The first-order valence-electron chi connectivity index (χ1n) is 5.41. The van der Waals surface area contributed by atoms with Gasteiger partial charge in [-0.15, -0.1) is 0 Å². The molecule has 0 atom stereocenters. The van der Waals surface area contributed by atoms with Gasteiger partial charge in [0.25, 0.3) is 0 Å². The molecule has 0 saturated carbocycles. The Morgan fingerprint density at radius 3 is 2.88 bits per heavy atom. The van der Waals surface area contributed by atoms with Gasteiger partial charge >= 0.3 is 0 Å². The first-order chi connectivity index (χ1) is 8.35.